The van der Waals surface area contributed by atoms with E-state index in [4.69, 9.17) is 0 Å². The zero-order chi connectivity index (χ0) is 8.40. The second-order valence-corrected chi connectivity index (χ2v) is 7.29. The molecular formula is C10H17Br2N. The summed E-state index contributed by atoms with van der Waals surface area (Å²) in [6, 6.07) is 0. The summed E-state index contributed by atoms with van der Waals surface area (Å²) in [4.78, 5) is 0. The van der Waals surface area contributed by atoms with E-state index in [-0.39, 0.29) is 17.0 Å². The summed E-state index contributed by atoms with van der Waals surface area (Å²) in [6.07, 6.45) is 8.53. The number of rotatable bonds is 0. The molecule has 3 N–H and O–H groups in total. The SMILES string of the molecule is [Br-].[NH3+]C12CC3CC(C1)CC(Br)(C3)C2. The lowest BCUT2D eigenvalue weighted by molar-refractivity contribution is -0.502. The molecule has 4 aliphatic rings. The van der Waals surface area contributed by atoms with Crippen LogP contribution >= 0.6 is 15.9 Å². The smallest absolute Gasteiger partial charge is 0.0964 e. The first-order valence-corrected chi connectivity index (χ1v) is 5.91. The van der Waals surface area contributed by atoms with Gasteiger partial charge in [-0.3, -0.25) is 0 Å². The van der Waals surface area contributed by atoms with E-state index < -0.39 is 0 Å². The van der Waals surface area contributed by atoms with E-state index in [2.05, 4.69) is 21.7 Å². The van der Waals surface area contributed by atoms with Crippen molar-refractivity contribution < 1.29 is 22.7 Å². The Morgan fingerprint density at radius 2 is 1.62 bits per heavy atom. The number of hydrogen-bond donors (Lipinski definition) is 1. The van der Waals surface area contributed by atoms with E-state index in [0.717, 1.165) is 11.8 Å². The van der Waals surface area contributed by atoms with Crippen molar-refractivity contribution in [3.8, 4) is 0 Å². The highest BCUT2D eigenvalue weighted by molar-refractivity contribution is 9.10. The van der Waals surface area contributed by atoms with Gasteiger partial charge >= 0.3 is 0 Å². The Balaban J connectivity index is 0.000000653. The highest BCUT2D eigenvalue weighted by Gasteiger charge is 2.57. The molecule has 4 bridgehead atoms. The van der Waals surface area contributed by atoms with Crippen LogP contribution in [0.25, 0.3) is 0 Å². The summed E-state index contributed by atoms with van der Waals surface area (Å²) in [5.41, 5.74) is 4.91. The Morgan fingerprint density at radius 1 is 1.08 bits per heavy atom. The molecule has 3 heteroatoms. The van der Waals surface area contributed by atoms with Crippen LogP contribution in [0.4, 0.5) is 0 Å². The zero-order valence-electron chi connectivity index (χ0n) is 7.86. The van der Waals surface area contributed by atoms with Gasteiger partial charge in [0.15, 0.2) is 0 Å². The van der Waals surface area contributed by atoms with Gasteiger partial charge in [0.05, 0.1) is 5.54 Å². The molecule has 4 rings (SSSR count). The van der Waals surface area contributed by atoms with Crippen LogP contribution in [0.5, 0.6) is 0 Å². The predicted octanol–water partition coefficient (Wildman–Crippen LogP) is -1.28. The zero-order valence-corrected chi connectivity index (χ0v) is 11.0. The average molecular weight is 311 g/mol. The minimum Gasteiger partial charge on any atom is -1.00 e. The van der Waals surface area contributed by atoms with Crippen molar-refractivity contribution in [2.75, 3.05) is 0 Å². The van der Waals surface area contributed by atoms with E-state index in [1.807, 2.05) is 0 Å². The van der Waals surface area contributed by atoms with Crippen LogP contribution in [-0.2, 0) is 0 Å². The molecule has 0 heterocycles. The fourth-order valence-electron chi connectivity index (χ4n) is 4.34. The minimum atomic E-state index is 0. The lowest BCUT2D eigenvalue weighted by Gasteiger charge is -2.56. The van der Waals surface area contributed by atoms with Crippen molar-refractivity contribution in [2.45, 2.75) is 48.4 Å². The minimum absolute atomic E-state index is 0. The van der Waals surface area contributed by atoms with Crippen LogP contribution in [0.1, 0.15) is 38.5 Å². The van der Waals surface area contributed by atoms with Gasteiger partial charge in [0.25, 0.3) is 0 Å². The number of hydrogen-bond acceptors (Lipinski definition) is 0. The molecule has 0 aliphatic heterocycles. The maximum Gasteiger partial charge on any atom is 0.0964 e. The van der Waals surface area contributed by atoms with Gasteiger partial charge in [-0.2, -0.15) is 0 Å². The van der Waals surface area contributed by atoms with E-state index in [1.54, 1.807) is 0 Å². The van der Waals surface area contributed by atoms with Gasteiger partial charge in [-0.05, 0) is 31.1 Å². The van der Waals surface area contributed by atoms with Crippen LogP contribution < -0.4 is 22.7 Å². The fourth-order valence-corrected chi connectivity index (χ4v) is 5.85. The van der Waals surface area contributed by atoms with Crippen molar-refractivity contribution in [1.82, 2.24) is 0 Å². The topological polar surface area (TPSA) is 27.6 Å². The van der Waals surface area contributed by atoms with Gasteiger partial charge in [0, 0.05) is 23.6 Å². The van der Waals surface area contributed by atoms with Gasteiger partial charge in [-0.25, -0.2) is 0 Å². The van der Waals surface area contributed by atoms with Crippen LogP contribution in [0, 0.1) is 11.8 Å². The molecule has 2 atom stereocenters. The Labute approximate surface area is 98.7 Å². The summed E-state index contributed by atoms with van der Waals surface area (Å²) in [5, 5.41) is 0. The molecule has 4 fully saturated rings. The van der Waals surface area contributed by atoms with Crippen LogP contribution in [-0.4, -0.2) is 9.86 Å². The molecule has 0 radical (unpaired) electrons. The van der Waals surface area contributed by atoms with Gasteiger partial charge in [-0.1, -0.05) is 15.9 Å². The molecule has 1 nitrogen and oxygen atoms in total. The van der Waals surface area contributed by atoms with Crippen molar-refractivity contribution in [3.05, 3.63) is 0 Å². The Hall–Kier alpha value is 0.920. The standard InChI is InChI=1S/C10H16BrN.BrH/c11-9-2-7-1-8(3-9)5-10(12,4-7)6-9;/h7-8H,1-6,12H2;1H. The van der Waals surface area contributed by atoms with E-state index in [0.29, 0.717) is 9.86 Å². The lowest BCUT2D eigenvalue weighted by atomic mass is 9.53. The first kappa shape index (κ1) is 10.4. The molecule has 2 unspecified atom stereocenters. The molecule has 76 valence electrons. The summed E-state index contributed by atoms with van der Waals surface area (Å²) in [5.74, 6) is 2.01. The predicted molar refractivity (Wildman–Crippen MR) is 52.0 cm³/mol. The van der Waals surface area contributed by atoms with Gasteiger partial charge < -0.3 is 22.7 Å². The molecule has 13 heavy (non-hydrogen) atoms. The van der Waals surface area contributed by atoms with Crippen LogP contribution in [0.15, 0.2) is 0 Å². The number of alkyl halides is 1. The summed E-state index contributed by atoms with van der Waals surface area (Å²) in [7, 11) is 0. The van der Waals surface area contributed by atoms with Crippen molar-refractivity contribution >= 4 is 15.9 Å². The molecule has 4 aliphatic carbocycles. The molecule has 0 aromatic heterocycles. The summed E-state index contributed by atoms with van der Waals surface area (Å²) >= 11 is 3.95. The average Bonchev–Trinajstić information content (AvgIpc) is 1.75. The molecule has 0 aromatic carbocycles. The third-order valence-corrected chi connectivity index (χ3v) is 5.04. The number of halogens is 2. The molecule has 0 amide bonds. The molecule has 4 saturated carbocycles. The monoisotopic (exact) mass is 309 g/mol. The van der Waals surface area contributed by atoms with Crippen molar-refractivity contribution in [3.63, 3.8) is 0 Å². The second kappa shape index (κ2) is 2.96. The Bertz CT molecular complexity index is 195. The number of quaternary nitrogens is 1. The quantitative estimate of drug-likeness (QED) is 0.540. The maximum absolute atomic E-state index is 4.45. The van der Waals surface area contributed by atoms with Crippen LogP contribution in [0.3, 0.4) is 0 Å². The van der Waals surface area contributed by atoms with E-state index in [1.165, 1.54) is 38.5 Å². The van der Waals surface area contributed by atoms with Crippen molar-refractivity contribution in [2.24, 2.45) is 11.8 Å². The van der Waals surface area contributed by atoms with Crippen molar-refractivity contribution in [1.29, 1.82) is 0 Å². The second-order valence-electron chi connectivity index (χ2n) is 5.61. The summed E-state index contributed by atoms with van der Waals surface area (Å²) < 4.78 is 0.513. The fraction of sp³-hybridized carbons (Fsp3) is 1.00. The third-order valence-electron chi connectivity index (χ3n) is 4.11. The van der Waals surface area contributed by atoms with Gasteiger partial charge in [0.2, 0.25) is 0 Å². The highest BCUT2D eigenvalue weighted by atomic mass is 79.9. The molecule has 0 spiro atoms. The third kappa shape index (κ3) is 1.61. The maximum atomic E-state index is 4.45. The summed E-state index contributed by atoms with van der Waals surface area (Å²) in [6.45, 7) is 0. The van der Waals surface area contributed by atoms with E-state index >= 15 is 0 Å². The Kier molecular flexibility index (Phi) is 2.37. The molecular weight excluding hydrogens is 294 g/mol. The normalized spacial score (nSPS) is 57.7. The molecule has 0 saturated heterocycles. The largest absolute Gasteiger partial charge is 1.00 e. The Morgan fingerprint density at radius 3 is 2.00 bits per heavy atom. The molecule has 0 aromatic rings. The first-order valence-electron chi connectivity index (χ1n) is 5.11. The highest BCUT2D eigenvalue weighted by Crippen LogP contribution is 2.59. The lowest BCUT2D eigenvalue weighted by Crippen LogP contribution is -3.00. The first-order chi connectivity index (χ1) is 5.57. The van der Waals surface area contributed by atoms with Crippen LogP contribution in [0.2, 0.25) is 0 Å². The van der Waals surface area contributed by atoms with Gasteiger partial charge in [-0.15, -0.1) is 0 Å². The van der Waals surface area contributed by atoms with Gasteiger partial charge in [0.1, 0.15) is 0 Å². The van der Waals surface area contributed by atoms with E-state index in [9.17, 15) is 0 Å².